The maximum Gasteiger partial charge on any atom is 0.233 e. The molecule has 2 amide bonds. The Bertz CT molecular complexity index is 766. The maximum absolute atomic E-state index is 12.7. The number of likely N-dealkylation sites (tertiary alicyclic amines) is 1. The molecule has 7 nitrogen and oxygen atoms in total. The van der Waals surface area contributed by atoms with Crippen LogP contribution in [0.4, 0.5) is 0 Å². The van der Waals surface area contributed by atoms with E-state index >= 15 is 0 Å². The first-order valence-corrected chi connectivity index (χ1v) is 9.75. The van der Waals surface area contributed by atoms with E-state index < -0.39 is 0 Å². The van der Waals surface area contributed by atoms with Gasteiger partial charge in [0.2, 0.25) is 11.8 Å². The van der Waals surface area contributed by atoms with Crippen LogP contribution in [0.1, 0.15) is 18.9 Å². The minimum atomic E-state index is -0.118. The van der Waals surface area contributed by atoms with E-state index in [2.05, 4.69) is 27.8 Å². The molecule has 0 spiro atoms. The molecule has 2 N–H and O–H groups in total. The molecule has 2 fully saturated rings. The van der Waals surface area contributed by atoms with E-state index in [0.29, 0.717) is 25.6 Å². The minimum absolute atomic E-state index is 0.00914. The van der Waals surface area contributed by atoms with Gasteiger partial charge >= 0.3 is 0 Å². The van der Waals surface area contributed by atoms with Crippen LogP contribution in [0, 0.1) is 23.7 Å². The highest BCUT2D eigenvalue weighted by atomic mass is 16.2. The molecule has 1 aromatic rings. The van der Waals surface area contributed by atoms with Gasteiger partial charge in [-0.05, 0) is 36.8 Å². The van der Waals surface area contributed by atoms with Gasteiger partial charge in [0, 0.05) is 39.1 Å². The number of hydrogen-bond donors (Lipinski definition) is 2. The van der Waals surface area contributed by atoms with E-state index in [-0.39, 0.29) is 35.5 Å². The number of aryl methyl sites for hydroxylation is 1. The molecule has 2 aliphatic carbocycles. The highest BCUT2D eigenvalue weighted by molar-refractivity contribution is 6.06. The van der Waals surface area contributed by atoms with Crippen LogP contribution in [0.15, 0.2) is 35.6 Å². The van der Waals surface area contributed by atoms with Crippen molar-refractivity contribution in [2.45, 2.75) is 19.9 Å². The standard InChI is InChI=1S/C20H27N5O2/c1-3-21-20(23-11-13-6-8-24(2)12-13)22-7-9-25-18(26)16-14-4-5-15(10-14)17(16)19(25)27/h4-6,8,12,14-17H,3,7,9-11H2,1-2H3,(H2,21,22,23). The van der Waals surface area contributed by atoms with Crippen molar-refractivity contribution in [2.75, 3.05) is 19.6 Å². The summed E-state index contributed by atoms with van der Waals surface area (Å²) in [6.07, 6.45) is 9.25. The molecule has 0 aromatic carbocycles. The van der Waals surface area contributed by atoms with Crippen molar-refractivity contribution in [3.63, 3.8) is 0 Å². The monoisotopic (exact) mass is 369 g/mol. The normalized spacial score (nSPS) is 29.0. The number of carbonyl (C=O) groups excluding carboxylic acids is 2. The van der Waals surface area contributed by atoms with Crippen molar-refractivity contribution in [3.05, 3.63) is 36.2 Å². The van der Waals surface area contributed by atoms with Gasteiger partial charge in [-0.25, -0.2) is 4.99 Å². The summed E-state index contributed by atoms with van der Waals surface area (Å²) >= 11 is 0. The lowest BCUT2D eigenvalue weighted by Crippen LogP contribution is -2.43. The number of allylic oxidation sites excluding steroid dienone is 2. The lowest BCUT2D eigenvalue weighted by molar-refractivity contribution is -0.140. The summed E-state index contributed by atoms with van der Waals surface area (Å²) in [5.41, 5.74) is 1.13. The Hall–Kier alpha value is -2.57. The van der Waals surface area contributed by atoms with E-state index in [4.69, 9.17) is 0 Å². The first kappa shape index (κ1) is 17.8. The number of imide groups is 1. The third kappa shape index (κ3) is 3.26. The number of aromatic nitrogens is 1. The molecular weight excluding hydrogens is 342 g/mol. The minimum Gasteiger partial charge on any atom is -0.357 e. The first-order valence-electron chi connectivity index (χ1n) is 9.75. The van der Waals surface area contributed by atoms with Gasteiger partial charge in [0.15, 0.2) is 5.96 Å². The average Bonchev–Trinajstić information content (AvgIpc) is 3.40. The number of aliphatic imine (C=N–C) groups is 1. The zero-order valence-electron chi connectivity index (χ0n) is 15.9. The van der Waals surface area contributed by atoms with Crippen molar-refractivity contribution in [2.24, 2.45) is 35.7 Å². The molecule has 2 heterocycles. The fourth-order valence-corrected chi connectivity index (χ4v) is 4.64. The lowest BCUT2D eigenvalue weighted by atomic mass is 9.85. The van der Waals surface area contributed by atoms with Crippen LogP contribution in [-0.4, -0.2) is 46.9 Å². The summed E-state index contributed by atoms with van der Waals surface area (Å²) in [5, 5.41) is 6.45. The fourth-order valence-electron chi connectivity index (χ4n) is 4.64. The Balaban J connectivity index is 1.32. The third-order valence-electron chi connectivity index (χ3n) is 5.85. The molecule has 0 radical (unpaired) electrons. The number of carbonyl (C=O) groups is 2. The van der Waals surface area contributed by atoms with Gasteiger partial charge in [-0.3, -0.25) is 14.5 Å². The summed E-state index contributed by atoms with van der Waals surface area (Å²) in [6, 6.07) is 2.04. The van der Waals surface area contributed by atoms with Crippen LogP contribution in [0.3, 0.4) is 0 Å². The number of nitrogens with zero attached hydrogens (tertiary/aromatic N) is 3. The van der Waals surface area contributed by atoms with Gasteiger partial charge in [0.05, 0.1) is 18.4 Å². The van der Waals surface area contributed by atoms with Gasteiger partial charge in [0.25, 0.3) is 0 Å². The summed E-state index contributed by atoms with van der Waals surface area (Å²) < 4.78 is 1.99. The maximum atomic E-state index is 12.7. The summed E-state index contributed by atoms with van der Waals surface area (Å²) in [4.78, 5) is 31.4. The second kappa shape index (κ2) is 7.21. The second-order valence-corrected chi connectivity index (χ2v) is 7.64. The Kier molecular flexibility index (Phi) is 4.76. The SMILES string of the molecule is CCNC(=NCc1ccn(C)c1)NCCN1C(=O)C2C3C=CC(C3)C2C1=O. The fraction of sp³-hybridized carbons (Fsp3) is 0.550. The van der Waals surface area contributed by atoms with Gasteiger partial charge in [-0.1, -0.05) is 12.2 Å². The van der Waals surface area contributed by atoms with E-state index in [1.54, 1.807) is 0 Å². The Labute approximate surface area is 159 Å². The van der Waals surface area contributed by atoms with Gasteiger partial charge in [-0.2, -0.15) is 0 Å². The van der Waals surface area contributed by atoms with Crippen molar-refractivity contribution < 1.29 is 9.59 Å². The molecular formula is C20H27N5O2. The molecule has 1 aliphatic heterocycles. The van der Waals surface area contributed by atoms with Crippen LogP contribution in [-0.2, 0) is 23.2 Å². The molecule has 3 aliphatic rings. The molecule has 1 saturated heterocycles. The van der Waals surface area contributed by atoms with Gasteiger partial charge in [-0.15, -0.1) is 0 Å². The highest BCUT2D eigenvalue weighted by Crippen LogP contribution is 2.52. The van der Waals surface area contributed by atoms with Crippen molar-refractivity contribution in [1.82, 2.24) is 20.1 Å². The van der Waals surface area contributed by atoms with E-state index in [9.17, 15) is 9.59 Å². The third-order valence-corrected chi connectivity index (χ3v) is 5.85. The number of fused-ring (bicyclic) bond motifs is 5. The molecule has 144 valence electrons. The predicted molar refractivity (Wildman–Crippen MR) is 103 cm³/mol. The molecule has 4 atom stereocenters. The number of guanidine groups is 1. The second-order valence-electron chi connectivity index (χ2n) is 7.64. The van der Waals surface area contributed by atoms with E-state index in [0.717, 1.165) is 18.5 Å². The quantitative estimate of drug-likeness (QED) is 0.338. The Morgan fingerprint density at radius 2 is 1.89 bits per heavy atom. The first-order chi connectivity index (χ1) is 13.1. The Morgan fingerprint density at radius 3 is 2.48 bits per heavy atom. The van der Waals surface area contributed by atoms with E-state index in [1.807, 2.05) is 37.0 Å². The molecule has 7 heteroatoms. The number of amides is 2. The molecule has 27 heavy (non-hydrogen) atoms. The Morgan fingerprint density at radius 1 is 1.19 bits per heavy atom. The molecule has 4 rings (SSSR count). The zero-order chi connectivity index (χ0) is 19.0. The summed E-state index contributed by atoms with van der Waals surface area (Å²) in [5.74, 6) is 1.01. The number of rotatable bonds is 6. The van der Waals surface area contributed by atoms with E-state index in [1.165, 1.54) is 4.90 Å². The zero-order valence-corrected chi connectivity index (χ0v) is 15.9. The topological polar surface area (TPSA) is 78.7 Å². The highest BCUT2D eigenvalue weighted by Gasteiger charge is 2.58. The van der Waals surface area contributed by atoms with Crippen molar-refractivity contribution in [1.29, 1.82) is 0 Å². The number of hydrogen-bond acceptors (Lipinski definition) is 3. The molecule has 1 aromatic heterocycles. The van der Waals surface area contributed by atoms with Gasteiger partial charge in [0.1, 0.15) is 0 Å². The average molecular weight is 369 g/mol. The summed E-state index contributed by atoms with van der Waals surface area (Å²) in [7, 11) is 1.98. The molecule has 1 saturated carbocycles. The van der Waals surface area contributed by atoms with Crippen LogP contribution in [0.5, 0.6) is 0 Å². The van der Waals surface area contributed by atoms with Crippen LogP contribution in [0.25, 0.3) is 0 Å². The van der Waals surface area contributed by atoms with Crippen LogP contribution < -0.4 is 10.6 Å². The van der Waals surface area contributed by atoms with Crippen molar-refractivity contribution in [3.8, 4) is 0 Å². The van der Waals surface area contributed by atoms with Crippen molar-refractivity contribution >= 4 is 17.8 Å². The largest absolute Gasteiger partial charge is 0.357 e. The molecule has 4 unspecified atom stereocenters. The number of nitrogens with one attached hydrogen (secondary N) is 2. The lowest BCUT2D eigenvalue weighted by Gasteiger charge is -2.18. The van der Waals surface area contributed by atoms with Gasteiger partial charge < -0.3 is 15.2 Å². The predicted octanol–water partition coefficient (Wildman–Crippen LogP) is 0.887. The smallest absolute Gasteiger partial charge is 0.233 e. The summed E-state index contributed by atoms with van der Waals surface area (Å²) in [6.45, 7) is 4.23. The van der Waals surface area contributed by atoms with Crippen LogP contribution >= 0.6 is 0 Å². The molecule has 2 bridgehead atoms. The van der Waals surface area contributed by atoms with Crippen LogP contribution in [0.2, 0.25) is 0 Å².